The molecule has 3 rings (SSSR count). The van der Waals surface area contributed by atoms with E-state index < -0.39 is 0 Å². The van der Waals surface area contributed by atoms with Gasteiger partial charge in [-0.25, -0.2) is 0 Å². The Hall–Kier alpha value is -2.33. The van der Waals surface area contributed by atoms with Gasteiger partial charge >= 0.3 is 0 Å². The standard InChI is InChI=1S/C21H23ClN2O2/c1-15(2)23(13-16-8-4-3-5-9-16)21(26)17-12-20(25)24(14-17)19-11-7-6-10-18(19)22/h3-11,15,17H,12-14H2,1-2H3. The lowest BCUT2D eigenvalue weighted by molar-refractivity contribution is -0.138. The number of para-hydroxylation sites is 1. The molecule has 1 aliphatic heterocycles. The quantitative estimate of drug-likeness (QED) is 0.794. The third-order valence-electron chi connectivity index (χ3n) is 4.72. The zero-order chi connectivity index (χ0) is 18.7. The Morgan fingerprint density at radius 1 is 1.15 bits per heavy atom. The first-order valence-electron chi connectivity index (χ1n) is 8.86. The van der Waals surface area contributed by atoms with E-state index in [9.17, 15) is 9.59 Å². The molecule has 26 heavy (non-hydrogen) atoms. The van der Waals surface area contributed by atoms with Crippen LogP contribution < -0.4 is 4.90 Å². The Morgan fingerprint density at radius 3 is 2.46 bits per heavy atom. The van der Waals surface area contributed by atoms with Gasteiger partial charge in [0.1, 0.15) is 0 Å². The summed E-state index contributed by atoms with van der Waals surface area (Å²) in [4.78, 5) is 29.1. The molecule has 1 unspecified atom stereocenters. The van der Waals surface area contributed by atoms with E-state index in [0.717, 1.165) is 5.56 Å². The predicted molar refractivity (Wildman–Crippen MR) is 104 cm³/mol. The van der Waals surface area contributed by atoms with Crippen molar-refractivity contribution < 1.29 is 9.59 Å². The van der Waals surface area contributed by atoms with Crippen LogP contribution in [0.15, 0.2) is 54.6 Å². The van der Waals surface area contributed by atoms with Gasteiger partial charge in [0, 0.05) is 25.6 Å². The largest absolute Gasteiger partial charge is 0.336 e. The molecule has 2 aromatic carbocycles. The number of hydrogen-bond donors (Lipinski definition) is 0. The van der Waals surface area contributed by atoms with Gasteiger partial charge in [-0.15, -0.1) is 0 Å². The lowest BCUT2D eigenvalue weighted by Crippen LogP contribution is -2.41. The number of halogens is 1. The molecule has 2 amide bonds. The molecule has 0 N–H and O–H groups in total. The van der Waals surface area contributed by atoms with Crippen LogP contribution in [0, 0.1) is 5.92 Å². The van der Waals surface area contributed by atoms with Gasteiger partial charge in [0.2, 0.25) is 11.8 Å². The highest BCUT2D eigenvalue weighted by Crippen LogP contribution is 2.32. The summed E-state index contributed by atoms with van der Waals surface area (Å²) < 4.78 is 0. The van der Waals surface area contributed by atoms with Crippen molar-refractivity contribution in [1.82, 2.24) is 4.90 Å². The molecule has 1 saturated heterocycles. The number of carbonyl (C=O) groups excluding carboxylic acids is 2. The van der Waals surface area contributed by atoms with Crippen molar-refractivity contribution >= 4 is 29.1 Å². The highest BCUT2D eigenvalue weighted by molar-refractivity contribution is 6.33. The first-order valence-corrected chi connectivity index (χ1v) is 9.24. The van der Waals surface area contributed by atoms with E-state index in [-0.39, 0.29) is 30.2 Å². The van der Waals surface area contributed by atoms with Crippen molar-refractivity contribution in [3.05, 3.63) is 65.2 Å². The third kappa shape index (κ3) is 3.91. The van der Waals surface area contributed by atoms with Crippen molar-refractivity contribution in [1.29, 1.82) is 0 Å². The summed E-state index contributed by atoms with van der Waals surface area (Å²) in [6.45, 7) is 4.93. The average molecular weight is 371 g/mol. The number of carbonyl (C=O) groups is 2. The maximum Gasteiger partial charge on any atom is 0.228 e. The molecule has 1 fully saturated rings. The molecule has 2 aromatic rings. The van der Waals surface area contributed by atoms with Crippen LogP contribution in [0.25, 0.3) is 0 Å². The summed E-state index contributed by atoms with van der Waals surface area (Å²) in [6.07, 6.45) is 0.224. The molecular weight excluding hydrogens is 348 g/mol. The molecule has 0 radical (unpaired) electrons. The first-order chi connectivity index (χ1) is 12.5. The number of rotatable bonds is 5. The summed E-state index contributed by atoms with van der Waals surface area (Å²) >= 11 is 6.23. The summed E-state index contributed by atoms with van der Waals surface area (Å²) in [5, 5.41) is 0.527. The number of anilines is 1. The molecule has 5 heteroatoms. The molecule has 136 valence electrons. The Labute approximate surface area is 159 Å². The maximum absolute atomic E-state index is 13.1. The van der Waals surface area contributed by atoms with Crippen LogP contribution in [-0.2, 0) is 16.1 Å². The fourth-order valence-electron chi connectivity index (χ4n) is 3.31. The van der Waals surface area contributed by atoms with Crippen molar-refractivity contribution in [2.75, 3.05) is 11.4 Å². The Kier molecular flexibility index (Phi) is 5.62. The summed E-state index contributed by atoms with van der Waals surface area (Å²) in [5.74, 6) is -0.378. The fourth-order valence-corrected chi connectivity index (χ4v) is 3.54. The van der Waals surface area contributed by atoms with Gasteiger partial charge in [-0.3, -0.25) is 9.59 Å². The number of nitrogens with zero attached hydrogens (tertiary/aromatic N) is 2. The van der Waals surface area contributed by atoms with Crippen LogP contribution in [0.5, 0.6) is 0 Å². The molecule has 1 atom stereocenters. The summed E-state index contributed by atoms with van der Waals surface area (Å²) in [5.41, 5.74) is 1.76. The maximum atomic E-state index is 13.1. The molecular formula is C21H23ClN2O2. The van der Waals surface area contributed by atoms with Gasteiger partial charge in [-0.1, -0.05) is 54.1 Å². The van der Waals surface area contributed by atoms with Gasteiger partial charge in [-0.2, -0.15) is 0 Å². The predicted octanol–water partition coefficient (Wildman–Crippen LogP) is 4.13. The fraction of sp³-hybridized carbons (Fsp3) is 0.333. The minimum Gasteiger partial charge on any atom is -0.336 e. The van der Waals surface area contributed by atoms with Gasteiger partial charge in [0.05, 0.1) is 16.6 Å². The van der Waals surface area contributed by atoms with E-state index in [1.165, 1.54) is 0 Å². The Bertz CT molecular complexity index is 792. The molecule has 0 saturated carbocycles. The Morgan fingerprint density at radius 2 is 1.81 bits per heavy atom. The topological polar surface area (TPSA) is 40.6 Å². The lowest BCUT2D eigenvalue weighted by Gasteiger charge is -2.29. The van der Waals surface area contributed by atoms with Gasteiger partial charge in [0.15, 0.2) is 0 Å². The second-order valence-electron chi connectivity index (χ2n) is 6.90. The number of amides is 2. The van der Waals surface area contributed by atoms with Crippen molar-refractivity contribution in [2.45, 2.75) is 32.9 Å². The van der Waals surface area contributed by atoms with Crippen LogP contribution in [0.1, 0.15) is 25.8 Å². The zero-order valence-corrected chi connectivity index (χ0v) is 15.8. The first kappa shape index (κ1) is 18.5. The SMILES string of the molecule is CC(C)N(Cc1ccccc1)C(=O)C1CC(=O)N(c2ccccc2Cl)C1. The molecule has 0 aliphatic carbocycles. The molecule has 0 aromatic heterocycles. The van der Waals surface area contributed by atoms with E-state index in [2.05, 4.69) is 0 Å². The van der Waals surface area contributed by atoms with E-state index >= 15 is 0 Å². The Balaban J connectivity index is 1.76. The van der Waals surface area contributed by atoms with Gasteiger partial charge in [-0.05, 0) is 31.5 Å². The highest BCUT2D eigenvalue weighted by atomic mass is 35.5. The zero-order valence-electron chi connectivity index (χ0n) is 15.1. The van der Waals surface area contributed by atoms with Crippen LogP contribution in [0.2, 0.25) is 5.02 Å². The van der Waals surface area contributed by atoms with E-state index in [0.29, 0.717) is 23.8 Å². The van der Waals surface area contributed by atoms with E-state index in [1.807, 2.05) is 67.3 Å². The molecule has 1 heterocycles. The van der Waals surface area contributed by atoms with Gasteiger partial charge < -0.3 is 9.80 Å². The molecule has 0 bridgehead atoms. The average Bonchev–Trinajstić information content (AvgIpc) is 3.02. The van der Waals surface area contributed by atoms with Crippen LogP contribution in [0.4, 0.5) is 5.69 Å². The smallest absolute Gasteiger partial charge is 0.228 e. The second-order valence-corrected chi connectivity index (χ2v) is 7.31. The van der Waals surface area contributed by atoms with Crippen LogP contribution in [0.3, 0.4) is 0 Å². The van der Waals surface area contributed by atoms with Crippen LogP contribution in [-0.4, -0.2) is 29.3 Å². The van der Waals surface area contributed by atoms with Crippen molar-refractivity contribution in [3.63, 3.8) is 0 Å². The summed E-state index contributed by atoms with van der Waals surface area (Å²) in [6, 6.07) is 17.2. The lowest BCUT2D eigenvalue weighted by atomic mass is 10.1. The molecule has 4 nitrogen and oxygen atoms in total. The normalized spacial score (nSPS) is 17.0. The summed E-state index contributed by atoms with van der Waals surface area (Å²) in [7, 11) is 0. The van der Waals surface area contributed by atoms with E-state index in [1.54, 1.807) is 11.0 Å². The number of benzene rings is 2. The van der Waals surface area contributed by atoms with Crippen molar-refractivity contribution in [2.24, 2.45) is 5.92 Å². The number of hydrogen-bond acceptors (Lipinski definition) is 2. The minimum atomic E-state index is -0.343. The second kappa shape index (κ2) is 7.92. The third-order valence-corrected chi connectivity index (χ3v) is 5.04. The van der Waals surface area contributed by atoms with Crippen LogP contribution >= 0.6 is 11.6 Å². The highest BCUT2D eigenvalue weighted by Gasteiger charge is 2.38. The molecule has 0 spiro atoms. The molecule has 1 aliphatic rings. The van der Waals surface area contributed by atoms with E-state index in [4.69, 9.17) is 11.6 Å². The minimum absolute atomic E-state index is 0.0201. The van der Waals surface area contributed by atoms with Gasteiger partial charge in [0.25, 0.3) is 0 Å². The monoisotopic (exact) mass is 370 g/mol. The van der Waals surface area contributed by atoms with Crippen molar-refractivity contribution in [3.8, 4) is 0 Å².